The Morgan fingerprint density at radius 1 is 1.06 bits per heavy atom. The van der Waals surface area contributed by atoms with E-state index in [-0.39, 0.29) is 29.8 Å². The Morgan fingerprint density at radius 2 is 1.77 bits per heavy atom. The Bertz CT molecular complexity index is 962. The summed E-state index contributed by atoms with van der Waals surface area (Å²) >= 11 is 0. The Labute approximate surface area is 201 Å². The fourth-order valence-corrected chi connectivity index (χ4v) is 4.89. The average molecular weight is 560 g/mol. The van der Waals surface area contributed by atoms with Crippen LogP contribution in [0.3, 0.4) is 0 Å². The van der Waals surface area contributed by atoms with Gasteiger partial charge in [0, 0.05) is 26.2 Å². The zero-order valence-corrected chi connectivity index (χ0v) is 20.8. The van der Waals surface area contributed by atoms with E-state index in [0.717, 1.165) is 30.5 Å². The Morgan fingerprint density at radius 3 is 2.42 bits per heavy atom. The first kappa shape index (κ1) is 25.5. The highest BCUT2D eigenvalue weighted by Gasteiger charge is 2.26. The molecule has 2 aromatic carbocycles. The minimum absolute atomic E-state index is 0. The summed E-state index contributed by atoms with van der Waals surface area (Å²) in [7, 11) is -3.39. The maximum atomic E-state index is 13.3. The van der Waals surface area contributed by atoms with E-state index in [1.54, 1.807) is 22.5 Å². The third-order valence-electron chi connectivity index (χ3n) is 4.99. The van der Waals surface area contributed by atoms with Crippen molar-refractivity contribution in [2.75, 3.05) is 26.2 Å². The highest BCUT2D eigenvalue weighted by atomic mass is 127. The van der Waals surface area contributed by atoms with Crippen LogP contribution in [0.25, 0.3) is 0 Å². The molecule has 1 aliphatic heterocycles. The summed E-state index contributed by atoms with van der Waals surface area (Å²) < 4.78 is 40.0. The second-order valence-electron chi connectivity index (χ2n) is 7.26. The molecule has 2 aromatic rings. The van der Waals surface area contributed by atoms with Crippen LogP contribution >= 0.6 is 24.0 Å². The maximum absolute atomic E-state index is 13.3. The lowest BCUT2D eigenvalue weighted by Crippen LogP contribution is -2.38. The van der Waals surface area contributed by atoms with Crippen molar-refractivity contribution in [3.63, 3.8) is 0 Å². The minimum atomic E-state index is -3.39. The zero-order chi connectivity index (χ0) is 21.4. The van der Waals surface area contributed by atoms with E-state index < -0.39 is 10.0 Å². The molecule has 1 fully saturated rings. The molecule has 6 nitrogen and oxygen atoms in total. The summed E-state index contributed by atoms with van der Waals surface area (Å²) in [5.74, 6) is 0.436. The third kappa shape index (κ3) is 7.43. The van der Waals surface area contributed by atoms with Crippen molar-refractivity contribution in [3.8, 4) is 0 Å². The summed E-state index contributed by atoms with van der Waals surface area (Å²) in [6, 6.07) is 13.5. The van der Waals surface area contributed by atoms with Crippen LogP contribution in [-0.2, 0) is 23.0 Å². The monoisotopic (exact) mass is 560 g/mol. The summed E-state index contributed by atoms with van der Waals surface area (Å²) in [6.07, 6.45) is 2.53. The van der Waals surface area contributed by atoms with E-state index in [9.17, 15) is 12.8 Å². The fraction of sp³-hybridized carbons (Fsp3) is 0.409. The van der Waals surface area contributed by atoms with Crippen LogP contribution < -0.4 is 10.6 Å². The van der Waals surface area contributed by atoms with Gasteiger partial charge in [-0.3, -0.25) is 0 Å². The van der Waals surface area contributed by atoms with Crippen LogP contribution in [0.1, 0.15) is 30.9 Å². The van der Waals surface area contributed by atoms with Gasteiger partial charge in [-0.05, 0) is 61.6 Å². The highest BCUT2D eigenvalue weighted by molar-refractivity contribution is 14.0. The Hall–Kier alpha value is -1.72. The number of nitrogens with zero attached hydrogens (tertiary/aromatic N) is 2. The van der Waals surface area contributed by atoms with Gasteiger partial charge in [-0.2, -0.15) is 4.31 Å². The average Bonchev–Trinajstić information content (AvgIpc) is 3.28. The van der Waals surface area contributed by atoms with Crippen LogP contribution in [-0.4, -0.2) is 44.9 Å². The van der Waals surface area contributed by atoms with E-state index in [0.29, 0.717) is 43.5 Å². The second kappa shape index (κ2) is 12.4. The molecule has 1 heterocycles. The molecule has 0 aromatic heterocycles. The van der Waals surface area contributed by atoms with Crippen molar-refractivity contribution >= 4 is 40.0 Å². The molecule has 0 spiro atoms. The first-order valence-corrected chi connectivity index (χ1v) is 11.8. The van der Waals surface area contributed by atoms with Crippen molar-refractivity contribution in [2.45, 2.75) is 37.6 Å². The van der Waals surface area contributed by atoms with E-state index in [1.807, 2.05) is 25.1 Å². The van der Waals surface area contributed by atoms with Gasteiger partial charge >= 0.3 is 0 Å². The van der Waals surface area contributed by atoms with Crippen molar-refractivity contribution < 1.29 is 12.8 Å². The first-order valence-electron chi connectivity index (χ1n) is 10.3. The summed E-state index contributed by atoms with van der Waals surface area (Å²) in [4.78, 5) is 4.89. The molecule has 9 heteroatoms. The number of hydrogen-bond donors (Lipinski definition) is 2. The van der Waals surface area contributed by atoms with Crippen LogP contribution in [0.15, 0.2) is 58.4 Å². The molecule has 1 saturated heterocycles. The Balaban J connectivity index is 0.00000341. The third-order valence-corrected chi connectivity index (χ3v) is 6.90. The first-order chi connectivity index (χ1) is 14.5. The molecule has 3 rings (SSSR count). The van der Waals surface area contributed by atoms with Gasteiger partial charge in [0.1, 0.15) is 5.82 Å². The summed E-state index contributed by atoms with van der Waals surface area (Å²) in [5, 5.41) is 6.43. The molecular formula is C22H30FIN4O2S. The molecule has 170 valence electrons. The SMILES string of the molecule is CCNC(=NCc1ccc(S(=O)(=O)N2CCCC2)cc1)NCCc1cccc(F)c1.I. The van der Waals surface area contributed by atoms with Gasteiger partial charge in [-0.1, -0.05) is 24.3 Å². The van der Waals surface area contributed by atoms with E-state index in [4.69, 9.17) is 0 Å². The largest absolute Gasteiger partial charge is 0.357 e. The number of rotatable bonds is 8. The summed E-state index contributed by atoms with van der Waals surface area (Å²) in [6.45, 7) is 4.96. The smallest absolute Gasteiger partial charge is 0.243 e. The fourth-order valence-electron chi connectivity index (χ4n) is 3.37. The van der Waals surface area contributed by atoms with Crippen molar-refractivity contribution in [3.05, 3.63) is 65.5 Å². The van der Waals surface area contributed by atoms with Crippen LogP contribution in [0.4, 0.5) is 4.39 Å². The van der Waals surface area contributed by atoms with Crippen molar-refractivity contribution in [1.82, 2.24) is 14.9 Å². The van der Waals surface area contributed by atoms with Gasteiger partial charge in [-0.15, -0.1) is 24.0 Å². The number of aliphatic imine (C=N–C) groups is 1. The topological polar surface area (TPSA) is 73.8 Å². The van der Waals surface area contributed by atoms with E-state index in [2.05, 4.69) is 15.6 Å². The van der Waals surface area contributed by atoms with Crippen molar-refractivity contribution in [1.29, 1.82) is 0 Å². The number of nitrogens with one attached hydrogen (secondary N) is 2. The molecule has 0 saturated carbocycles. The highest BCUT2D eigenvalue weighted by Crippen LogP contribution is 2.21. The van der Waals surface area contributed by atoms with Gasteiger partial charge in [0.05, 0.1) is 11.4 Å². The Kier molecular flexibility index (Phi) is 10.2. The zero-order valence-electron chi connectivity index (χ0n) is 17.7. The molecule has 0 radical (unpaired) electrons. The summed E-state index contributed by atoms with van der Waals surface area (Å²) in [5.41, 5.74) is 1.85. The number of halogens is 2. The lowest BCUT2D eigenvalue weighted by atomic mass is 10.1. The van der Waals surface area contributed by atoms with Crippen molar-refractivity contribution in [2.24, 2.45) is 4.99 Å². The second-order valence-corrected chi connectivity index (χ2v) is 9.19. The molecule has 31 heavy (non-hydrogen) atoms. The molecule has 0 amide bonds. The molecule has 0 atom stereocenters. The van der Waals surface area contributed by atoms with Crippen LogP contribution in [0.2, 0.25) is 0 Å². The minimum Gasteiger partial charge on any atom is -0.357 e. The van der Waals surface area contributed by atoms with Gasteiger partial charge in [-0.25, -0.2) is 17.8 Å². The predicted octanol–water partition coefficient (Wildman–Crippen LogP) is 3.53. The number of sulfonamides is 1. The predicted molar refractivity (Wildman–Crippen MR) is 133 cm³/mol. The number of benzene rings is 2. The molecule has 2 N–H and O–H groups in total. The lowest BCUT2D eigenvalue weighted by molar-refractivity contribution is 0.477. The van der Waals surface area contributed by atoms with Gasteiger partial charge in [0.15, 0.2) is 5.96 Å². The molecule has 0 bridgehead atoms. The molecule has 0 unspecified atom stereocenters. The van der Waals surface area contributed by atoms with Gasteiger partial charge in [0.2, 0.25) is 10.0 Å². The van der Waals surface area contributed by atoms with Gasteiger partial charge in [0.25, 0.3) is 0 Å². The van der Waals surface area contributed by atoms with Crippen LogP contribution in [0, 0.1) is 5.82 Å². The maximum Gasteiger partial charge on any atom is 0.243 e. The lowest BCUT2D eigenvalue weighted by Gasteiger charge is -2.15. The normalized spacial score (nSPS) is 14.8. The van der Waals surface area contributed by atoms with E-state index >= 15 is 0 Å². The number of hydrogen-bond acceptors (Lipinski definition) is 3. The number of guanidine groups is 1. The quantitative estimate of drug-likeness (QED) is 0.295. The molecule has 0 aliphatic carbocycles. The molecular weight excluding hydrogens is 530 g/mol. The van der Waals surface area contributed by atoms with Crippen LogP contribution in [0.5, 0.6) is 0 Å². The standard InChI is InChI=1S/C22H29FN4O2S.HI/c1-2-24-22(25-13-12-18-6-5-7-20(23)16-18)26-17-19-8-10-21(11-9-19)30(28,29)27-14-3-4-15-27;/h5-11,16H,2-4,12-15,17H2,1H3,(H2,24,25,26);1H. The molecule has 1 aliphatic rings. The van der Waals surface area contributed by atoms with Gasteiger partial charge < -0.3 is 10.6 Å². The van der Waals surface area contributed by atoms with E-state index in [1.165, 1.54) is 12.1 Å².